The van der Waals surface area contributed by atoms with Gasteiger partial charge >= 0.3 is 12.1 Å². The van der Waals surface area contributed by atoms with Crippen molar-refractivity contribution >= 4 is 21.4 Å². The monoisotopic (exact) mass is 335 g/mol. The highest BCUT2D eigenvalue weighted by Crippen LogP contribution is 2.34. The van der Waals surface area contributed by atoms with Gasteiger partial charge in [0, 0.05) is 5.41 Å². The van der Waals surface area contributed by atoms with Gasteiger partial charge < -0.3 is 4.74 Å². The van der Waals surface area contributed by atoms with Gasteiger partial charge in [0.05, 0.1) is 24.6 Å². The molecule has 1 aliphatic rings. The summed E-state index contributed by atoms with van der Waals surface area (Å²) < 4.78 is 66.5. The Balaban J connectivity index is 2.52. The molecule has 0 radical (unpaired) electrons. The fraction of sp³-hybridized carbons (Fsp3) is 0.308. The molecule has 0 spiro atoms. The number of sulfone groups is 1. The zero-order valence-corrected chi connectivity index (χ0v) is 12.2. The number of hydrogen-bond donors (Lipinski definition) is 0. The van der Waals surface area contributed by atoms with Gasteiger partial charge in [-0.1, -0.05) is 12.1 Å². The number of nitrogens with zero attached hydrogens (tertiary/aromatic N) is 1. The molecule has 120 valence electrons. The van der Waals surface area contributed by atoms with Crippen LogP contribution in [0.4, 0.5) is 18.9 Å². The van der Waals surface area contributed by atoms with E-state index < -0.39 is 33.7 Å². The van der Waals surface area contributed by atoms with Crippen LogP contribution in [0.2, 0.25) is 0 Å². The molecule has 0 aromatic heterocycles. The van der Waals surface area contributed by atoms with Gasteiger partial charge in [-0.2, -0.15) is 13.2 Å². The molecule has 2 rings (SSSR count). The number of methoxy groups -OCH3 is 1. The first-order valence-corrected chi connectivity index (χ1v) is 7.81. The Morgan fingerprint density at radius 1 is 1.32 bits per heavy atom. The van der Waals surface area contributed by atoms with E-state index in [9.17, 15) is 26.4 Å². The molecule has 1 aliphatic heterocycles. The lowest BCUT2D eigenvalue weighted by Crippen LogP contribution is -2.48. The molecule has 0 saturated heterocycles. The van der Waals surface area contributed by atoms with Crippen LogP contribution in [-0.4, -0.2) is 39.4 Å². The van der Waals surface area contributed by atoms with Gasteiger partial charge in [0.15, 0.2) is 9.84 Å². The number of hydrogen-bond acceptors (Lipinski definition) is 4. The fourth-order valence-corrected chi connectivity index (χ4v) is 3.39. The first-order valence-electron chi connectivity index (χ1n) is 6.10. The van der Waals surface area contributed by atoms with Crippen LogP contribution in [-0.2, 0) is 14.6 Å². The molecule has 0 N–H and O–H groups in total. The van der Waals surface area contributed by atoms with E-state index in [0.29, 0.717) is 4.90 Å². The van der Waals surface area contributed by atoms with Gasteiger partial charge in [-0.15, -0.1) is 0 Å². The second-order valence-electron chi connectivity index (χ2n) is 4.57. The van der Waals surface area contributed by atoms with E-state index in [4.69, 9.17) is 4.74 Å². The summed E-state index contributed by atoms with van der Waals surface area (Å²) in [6.07, 6.45) is -4.08. The summed E-state index contributed by atoms with van der Waals surface area (Å²) >= 11 is 0. The third-order valence-electron chi connectivity index (χ3n) is 3.05. The van der Waals surface area contributed by atoms with E-state index in [2.05, 4.69) is 0 Å². The third-order valence-corrected chi connectivity index (χ3v) is 4.43. The molecule has 9 heteroatoms. The minimum Gasteiger partial charge on any atom is -0.495 e. The van der Waals surface area contributed by atoms with Gasteiger partial charge in [0.25, 0.3) is 0 Å². The smallest absolute Gasteiger partial charge is 0.471 e. The van der Waals surface area contributed by atoms with E-state index in [-0.39, 0.29) is 11.4 Å². The van der Waals surface area contributed by atoms with E-state index >= 15 is 0 Å². The Hall–Kier alpha value is -2.03. The molecule has 1 amide bonds. The first-order chi connectivity index (χ1) is 10.2. The molecule has 22 heavy (non-hydrogen) atoms. The van der Waals surface area contributed by atoms with Crippen molar-refractivity contribution < 1.29 is 31.1 Å². The SMILES string of the molecule is COc1ccccc1N(C(=O)C(F)(F)F)C1C=CS(=O)(=O)C1. The second kappa shape index (κ2) is 5.64. The Morgan fingerprint density at radius 3 is 2.45 bits per heavy atom. The molecule has 0 bridgehead atoms. The summed E-state index contributed by atoms with van der Waals surface area (Å²) in [5.74, 6) is -2.71. The van der Waals surface area contributed by atoms with Crippen molar-refractivity contribution in [3.8, 4) is 5.75 Å². The summed E-state index contributed by atoms with van der Waals surface area (Å²) in [5, 5.41) is 0.809. The van der Waals surface area contributed by atoms with Gasteiger partial charge in [0.1, 0.15) is 5.75 Å². The van der Waals surface area contributed by atoms with Gasteiger partial charge in [-0.3, -0.25) is 9.69 Å². The largest absolute Gasteiger partial charge is 0.495 e. The number of carbonyl (C=O) groups excluding carboxylic acids is 1. The number of benzene rings is 1. The maximum absolute atomic E-state index is 12.9. The molecule has 1 unspecified atom stereocenters. The maximum Gasteiger partial charge on any atom is 0.471 e. The van der Waals surface area contributed by atoms with Gasteiger partial charge in [-0.05, 0) is 18.2 Å². The number of carbonyl (C=O) groups is 1. The van der Waals surface area contributed by atoms with Crippen LogP contribution in [0.5, 0.6) is 5.75 Å². The molecule has 1 aromatic rings. The van der Waals surface area contributed by atoms with Crippen LogP contribution in [0.15, 0.2) is 35.7 Å². The molecule has 0 fully saturated rings. The lowest BCUT2D eigenvalue weighted by atomic mass is 10.2. The van der Waals surface area contributed by atoms with Crippen molar-refractivity contribution in [2.45, 2.75) is 12.2 Å². The highest BCUT2D eigenvalue weighted by molar-refractivity contribution is 7.94. The van der Waals surface area contributed by atoms with Crippen LogP contribution in [0.1, 0.15) is 0 Å². The van der Waals surface area contributed by atoms with Crippen LogP contribution >= 0.6 is 0 Å². The van der Waals surface area contributed by atoms with Crippen molar-refractivity contribution in [1.82, 2.24) is 0 Å². The van der Waals surface area contributed by atoms with Crippen LogP contribution in [0, 0.1) is 0 Å². The highest BCUT2D eigenvalue weighted by atomic mass is 32.2. The van der Waals surface area contributed by atoms with E-state index in [0.717, 1.165) is 11.5 Å². The van der Waals surface area contributed by atoms with Crippen molar-refractivity contribution in [1.29, 1.82) is 0 Å². The quantitative estimate of drug-likeness (QED) is 0.846. The van der Waals surface area contributed by atoms with Crippen molar-refractivity contribution in [2.24, 2.45) is 0 Å². The van der Waals surface area contributed by atoms with Crippen molar-refractivity contribution in [3.05, 3.63) is 35.7 Å². The summed E-state index contributed by atoms with van der Waals surface area (Å²) in [7, 11) is -2.38. The molecule has 0 saturated carbocycles. The third kappa shape index (κ3) is 3.24. The standard InChI is InChI=1S/C13H12F3NO4S/c1-21-11-5-3-2-4-10(11)17(12(18)13(14,15)16)9-6-7-22(19,20)8-9/h2-7,9H,8H2,1H3. The Morgan fingerprint density at radius 2 is 1.95 bits per heavy atom. The summed E-state index contributed by atoms with van der Waals surface area (Å²) in [5.41, 5.74) is -0.140. The van der Waals surface area contributed by atoms with Crippen LogP contribution in [0.3, 0.4) is 0 Å². The summed E-state index contributed by atoms with van der Waals surface area (Å²) in [4.78, 5) is 12.2. The van der Waals surface area contributed by atoms with E-state index in [1.165, 1.54) is 31.4 Å². The number of amides is 1. The predicted octanol–water partition coefficient (Wildman–Crippen LogP) is 1.90. The van der Waals surface area contributed by atoms with E-state index in [1.807, 2.05) is 0 Å². The lowest BCUT2D eigenvalue weighted by Gasteiger charge is -2.29. The van der Waals surface area contributed by atoms with Crippen molar-refractivity contribution in [3.63, 3.8) is 0 Å². The zero-order valence-electron chi connectivity index (χ0n) is 11.4. The number of halogens is 3. The minimum atomic E-state index is -5.14. The molecule has 1 atom stereocenters. The first kappa shape index (κ1) is 16.3. The Kier molecular flexibility index (Phi) is 4.19. The average Bonchev–Trinajstić information content (AvgIpc) is 2.78. The summed E-state index contributed by atoms with van der Waals surface area (Å²) in [6.45, 7) is 0. The number of alkyl halides is 3. The molecule has 5 nitrogen and oxygen atoms in total. The summed E-state index contributed by atoms with van der Waals surface area (Å²) in [6, 6.07) is 4.37. The second-order valence-corrected chi connectivity index (χ2v) is 6.50. The van der Waals surface area contributed by atoms with Crippen molar-refractivity contribution in [2.75, 3.05) is 17.8 Å². The number of anilines is 1. The number of ether oxygens (including phenoxy) is 1. The highest BCUT2D eigenvalue weighted by Gasteiger charge is 2.47. The average molecular weight is 335 g/mol. The number of para-hydroxylation sites is 2. The predicted molar refractivity (Wildman–Crippen MR) is 73.2 cm³/mol. The molecule has 1 heterocycles. The lowest BCUT2D eigenvalue weighted by molar-refractivity contribution is -0.170. The Bertz CT molecular complexity index is 712. The van der Waals surface area contributed by atoms with E-state index in [1.54, 1.807) is 0 Å². The molecular formula is C13H12F3NO4S. The van der Waals surface area contributed by atoms with Crippen LogP contribution in [0.25, 0.3) is 0 Å². The molecule has 0 aliphatic carbocycles. The molecular weight excluding hydrogens is 323 g/mol. The number of rotatable bonds is 3. The fourth-order valence-electron chi connectivity index (χ4n) is 2.12. The normalized spacial score (nSPS) is 19.9. The zero-order chi connectivity index (χ0) is 16.5. The van der Waals surface area contributed by atoms with Gasteiger partial charge in [0.2, 0.25) is 0 Å². The maximum atomic E-state index is 12.9. The minimum absolute atomic E-state index is 0.0396. The van der Waals surface area contributed by atoms with Crippen LogP contribution < -0.4 is 9.64 Å². The van der Waals surface area contributed by atoms with Gasteiger partial charge in [-0.25, -0.2) is 8.42 Å². The topological polar surface area (TPSA) is 63.7 Å². The molecule has 1 aromatic carbocycles. The Labute approximate surface area is 124 Å².